The highest BCUT2D eigenvalue weighted by atomic mass is 16.5. The van der Waals surface area contributed by atoms with E-state index in [1.165, 1.54) is 0 Å². The highest BCUT2D eigenvalue weighted by Gasteiger charge is 2.23. The summed E-state index contributed by atoms with van der Waals surface area (Å²) in [5, 5.41) is 3.00. The van der Waals surface area contributed by atoms with Crippen LogP contribution >= 0.6 is 0 Å². The van der Waals surface area contributed by atoms with E-state index in [1.807, 2.05) is 19.1 Å². The lowest BCUT2D eigenvalue weighted by Gasteiger charge is -2.20. The molecule has 0 aromatic heterocycles. The molecule has 0 saturated carbocycles. The molecule has 1 fully saturated rings. The van der Waals surface area contributed by atoms with Gasteiger partial charge >= 0.3 is 0 Å². The zero-order valence-corrected chi connectivity index (χ0v) is 12.2. The van der Waals surface area contributed by atoms with Crippen LogP contribution in [0.1, 0.15) is 43.5 Å². The van der Waals surface area contributed by atoms with E-state index in [1.54, 1.807) is 12.1 Å². The van der Waals surface area contributed by atoms with Gasteiger partial charge in [-0.15, -0.1) is 0 Å². The second-order valence-corrected chi connectivity index (χ2v) is 5.19. The number of rotatable bonds is 6. The summed E-state index contributed by atoms with van der Waals surface area (Å²) in [6.45, 7) is 5.55. The molecule has 20 heavy (non-hydrogen) atoms. The molecule has 2 rings (SSSR count). The lowest BCUT2D eigenvalue weighted by molar-refractivity contribution is 0.0712. The van der Waals surface area contributed by atoms with Crippen molar-refractivity contribution in [2.45, 2.75) is 45.3 Å². The first-order valence-electron chi connectivity index (χ1n) is 7.36. The second kappa shape index (κ2) is 7.29. The van der Waals surface area contributed by atoms with Crippen molar-refractivity contribution in [2.75, 3.05) is 13.2 Å². The molecule has 1 heterocycles. The van der Waals surface area contributed by atoms with Crippen LogP contribution in [0.3, 0.4) is 0 Å². The summed E-state index contributed by atoms with van der Waals surface area (Å²) in [4.78, 5) is 12.1. The van der Waals surface area contributed by atoms with Crippen molar-refractivity contribution in [2.24, 2.45) is 0 Å². The van der Waals surface area contributed by atoms with Crippen LogP contribution in [0.2, 0.25) is 0 Å². The fourth-order valence-corrected chi connectivity index (χ4v) is 2.30. The number of benzene rings is 1. The Morgan fingerprint density at radius 3 is 2.80 bits per heavy atom. The van der Waals surface area contributed by atoms with Gasteiger partial charge < -0.3 is 14.8 Å². The number of hydrogen-bond donors (Lipinski definition) is 1. The van der Waals surface area contributed by atoms with E-state index < -0.39 is 0 Å². The zero-order chi connectivity index (χ0) is 14.4. The van der Waals surface area contributed by atoms with Crippen molar-refractivity contribution >= 4 is 5.91 Å². The molecule has 1 aliphatic heterocycles. The Labute approximate surface area is 120 Å². The van der Waals surface area contributed by atoms with E-state index in [0.29, 0.717) is 12.2 Å². The minimum Gasteiger partial charge on any atom is -0.494 e. The van der Waals surface area contributed by atoms with Gasteiger partial charge in [0.25, 0.3) is 5.91 Å². The molecule has 1 amide bonds. The van der Waals surface area contributed by atoms with Crippen molar-refractivity contribution in [3.63, 3.8) is 0 Å². The number of ether oxygens (including phenoxy) is 2. The van der Waals surface area contributed by atoms with E-state index in [9.17, 15) is 4.79 Å². The SMILES string of the molecule is CCCOc1ccc(C(=O)NC(C)C2CCCO2)cc1. The van der Waals surface area contributed by atoms with Crippen LogP contribution in [0.15, 0.2) is 24.3 Å². The summed E-state index contributed by atoms with van der Waals surface area (Å²) >= 11 is 0. The van der Waals surface area contributed by atoms with Crippen LogP contribution in [0.4, 0.5) is 0 Å². The molecule has 0 bridgehead atoms. The summed E-state index contributed by atoms with van der Waals surface area (Å²) in [6, 6.07) is 7.30. The van der Waals surface area contributed by atoms with E-state index in [0.717, 1.165) is 31.6 Å². The van der Waals surface area contributed by atoms with Crippen LogP contribution in [0.25, 0.3) is 0 Å². The van der Waals surface area contributed by atoms with Gasteiger partial charge in [-0.05, 0) is 50.5 Å². The maximum Gasteiger partial charge on any atom is 0.251 e. The van der Waals surface area contributed by atoms with Crippen molar-refractivity contribution in [3.8, 4) is 5.75 Å². The van der Waals surface area contributed by atoms with Crippen LogP contribution in [-0.2, 0) is 4.74 Å². The molecule has 2 unspecified atom stereocenters. The van der Waals surface area contributed by atoms with Crippen molar-refractivity contribution in [3.05, 3.63) is 29.8 Å². The molecule has 0 aliphatic carbocycles. The van der Waals surface area contributed by atoms with Crippen LogP contribution in [-0.4, -0.2) is 31.3 Å². The molecule has 1 aromatic rings. The molecule has 110 valence electrons. The Morgan fingerprint density at radius 2 is 2.20 bits per heavy atom. The average Bonchev–Trinajstić information content (AvgIpc) is 3.00. The first-order chi connectivity index (χ1) is 9.70. The molecule has 1 aromatic carbocycles. The maximum atomic E-state index is 12.1. The van der Waals surface area contributed by atoms with Gasteiger partial charge in [-0.25, -0.2) is 0 Å². The number of hydrogen-bond acceptors (Lipinski definition) is 3. The molecule has 0 radical (unpaired) electrons. The highest BCUT2D eigenvalue weighted by Crippen LogP contribution is 2.16. The zero-order valence-electron chi connectivity index (χ0n) is 12.2. The van der Waals surface area contributed by atoms with Crippen molar-refractivity contribution < 1.29 is 14.3 Å². The topological polar surface area (TPSA) is 47.6 Å². The molecule has 1 N–H and O–H groups in total. The third-order valence-electron chi connectivity index (χ3n) is 3.47. The summed E-state index contributed by atoms with van der Waals surface area (Å²) in [5.74, 6) is 0.741. The van der Waals surface area contributed by atoms with Gasteiger partial charge in [-0.2, -0.15) is 0 Å². The average molecular weight is 277 g/mol. The molecule has 2 atom stereocenters. The molecule has 4 nitrogen and oxygen atoms in total. The van der Waals surface area contributed by atoms with E-state index >= 15 is 0 Å². The first kappa shape index (κ1) is 14.9. The standard InChI is InChI=1S/C16H23NO3/c1-3-10-19-14-8-6-13(7-9-14)16(18)17-12(2)15-5-4-11-20-15/h6-9,12,15H,3-5,10-11H2,1-2H3,(H,17,18). The minimum atomic E-state index is -0.0601. The fraction of sp³-hybridized carbons (Fsp3) is 0.562. The summed E-state index contributed by atoms with van der Waals surface area (Å²) in [6.07, 6.45) is 3.21. The predicted molar refractivity (Wildman–Crippen MR) is 78.1 cm³/mol. The summed E-state index contributed by atoms with van der Waals surface area (Å²) < 4.78 is 11.1. The number of carbonyl (C=O) groups excluding carboxylic acids is 1. The van der Waals surface area contributed by atoms with Gasteiger partial charge in [0, 0.05) is 12.2 Å². The molecular formula is C16H23NO3. The molecule has 0 spiro atoms. The second-order valence-electron chi connectivity index (χ2n) is 5.19. The van der Waals surface area contributed by atoms with Gasteiger partial charge in [-0.3, -0.25) is 4.79 Å². The van der Waals surface area contributed by atoms with Gasteiger partial charge in [0.15, 0.2) is 0 Å². The third kappa shape index (κ3) is 3.97. The molecular weight excluding hydrogens is 254 g/mol. The van der Waals surface area contributed by atoms with Crippen LogP contribution < -0.4 is 10.1 Å². The fourth-order valence-electron chi connectivity index (χ4n) is 2.30. The third-order valence-corrected chi connectivity index (χ3v) is 3.47. The van der Waals surface area contributed by atoms with Gasteiger partial charge in [0.2, 0.25) is 0 Å². The smallest absolute Gasteiger partial charge is 0.251 e. The Kier molecular flexibility index (Phi) is 5.41. The number of carbonyl (C=O) groups is 1. The molecule has 4 heteroatoms. The minimum absolute atomic E-state index is 0.0426. The van der Waals surface area contributed by atoms with Gasteiger partial charge in [0.1, 0.15) is 5.75 Å². The molecule has 1 saturated heterocycles. The molecule has 1 aliphatic rings. The maximum absolute atomic E-state index is 12.1. The van der Waals surface area contributed by atoms with Crippen molar-refractivity contribution in [1.82, 2.24) is 5.32 Å². The van der Waals surface area contributed by atoms with E-state index in [4.69, 9.17) is 9.47 Å². The Balaban J connectivity index is 1.88. The van der Waals surface area contributed by atoms with Crippen LogP contribution in [0, 0.1) is 0 Å². The predicted octanol–water partition coefficient (Wildman–Crippen LogP) is 2.77. The number of amides is 1. The lowest BCUT2D eigenvalue weighted by atomic mass is 10.1. The quantitative estimate of drug-likeness (QED) is 0.869. The first-order valence-corrected chi connectivity index (χ1v) is 7.36. The van der Waals surface area contributed by atoms with Crippen molar-refractivity contribution in [1.29, 1.82) is 0 Å². The lowest BCUT2D eigenvalue weighted by Crippen LogP contribution is -2.40. The Hall–Kier alpha value is -1.55. The van der Waals surface area contributed by atoms with E-state index in [-0.39, 0.29) is 18.1 Å². The summed E-state index contributed by atoms with van der Waals surface area (Å²) in [5.41, 5.74) is 0.652. The van der Waals surface area contributed by atoms with E-state index in [2.05, 4.69) is 12.2 Å². The largest absolute Gasteiger partial charge is 0.494 e. The highest BCUT2D eigenvalue weighted by molar-refractivity contribution is 5.94. The Morgan fingerprint density at radius 1 is 1.45 bits per heavy atom. The van der Waals surface area contributed by atoms with Crippen LogP contribution in [0.5, 0.6) is 5.75 Å². The summed E-state index contributed by atoms with van der Waals surface area (Å²) in [7, 11) is 0. The normalized spacial score (nSPS) is 19.6. The van der Waals surface area contributed by atoms with Gasteiger partial charge in [0.05, 0.1) is 18.8 Å². The Bertz CT molecular complexity index is 424. The monoisotopic (exact) mass is 277 g/mol. The number of nitrogens with one attached hydrogen (secondary N) is 1. The van der Waals surface area contributed by atoms with Gasteiger partial charge in [-0.1, -0.05) is 6.92 Å².